The maximum atomic E-state index is 12.6. The Bertz CT molecular complexity index is 980. The number of aromatic nitrogens is 3. The molecule has 4 rings (SSSR count). The van der Waals surface area contributed by atoms with Gasteiger partial charge in [0.25, 0.3) is 0 Å². The molecule has 3 heterocycles. The molecule has 144 valence electrons. The smallest absolute Gasteiger partial charge is 0.227 e. The fraction of sp³-hybridized carbons (Fsp3) is 0.300. The van der Waals surface area contributed by atoms with Gasteiger partial charge < -0.3 is 9.32 Å². The first-order valence-corrected chi connectivity index (χ1v) is 10.2. The van der Waals surface area contributed by atoms with Crippen LogP contribution in [0.4, 0.5) is 5.69 Å². The molecule has 2 aromatic heterocycles. The second-order valence-electron chi connectivity index (χ2n) is 6.44. The highest BCUT2D eigenvalue weighted by Gasteiger charge is 2.22. The summed E-state index contributed by atoms with van der Waals surface area (Å²) in [5, 5.41) is 9.08. The zero-order valence-corrected chi connectivity index (χ0v) is 16.3. The topological polar surface area (TPSA) is 81.2 Å². The average molecular weight is 396 g/mol. The summed E-state index contributed by atoms with van der Waals surface area (Å²) in [6, 6.07) is 10.9. The molecular weight excluding hydrogens is 376 g/mol. The molecule has 0 atom stereocenters. The lowest BCUT2D eigenvalue weighted by molar-refractivity contribution is -0.117. The third-order valence-electron chi connectivity index (χ3n) is 4.68. The number of amides is 1. The van der Waals surface area contributed by atoms with Gasteiger partial charge in [0.05, 0.1) is 12.0 Å². The van der Waals surface area contributed by atoms with E-state index in [2.05, 4.69) is 10.2 Å². The molecule has 0 N–H and O–H groups in total. The van der Waals surface area contributed by atoms with Gasteiger partial charge in [-0.15, -0.1) is 10.2 Å². The third-order valence-corrected chi connectivity index (χ3v) is 5.65. The quantitative estimate of drug-likeness (QED) is 0.448. The molecule has 0 aliphatic carbocycles. The summed E-state index contributed by atoms with van der Waals surface area (Å²) in [5.41, 5.74) is 1.47. The number of ketones is 1. The van der Waals surface area contributed by atoms with Crippen LogP contribution in [0.25, 0.3) is 11.6 Å². The minimum atomic E-state index is 0.00880. The van der Waals surface area contributed by atoms with E-state index in [0.717, 1.165) is 18.7 Å². The zero-order valence-electron chi connectivity index (χ0n) is 15.5. The number of hydrogen-bond donors (Lipinski definition) is 0. The molecule has 0 unspecified atom stereocenters. The van der Waals surface area contributed by atoms with Crippen LogP contribution >= 0.6 is 11.8 Å². The van der Waals surface area contributed by atoms with Gasteiger partial charge in [0.1, 0.15) is 0 Å². The Morgan fingerprint density at radius 1 is 1.21 bits per heavy atom. The third kappa shape index (κ3) is 3.60. The van der Waals surface area contributed by atoms with E-state index in [1.54, 1.807) is 29.4 Å². The Morgan fingerprint density at radius 3 is 2.68 bits per heavy atom. The van der Waals surface area contributed by atoms with Crippen molar-refractivity contribution in [1.82, 2.24) is 14.8 Å². The molecule has 1 aliphatic heterocycles. The molecule has 0 spiro atoms. The normalized spacial score (nSPS) is 14.0. The molecule has 3 aromatic rings. The molecule has 1 aliphatic rings. The SMILES string of the molecule is CCn1c(SCC(=O)c2ccc(N3CCCC3=O)cc2)nnc1-c1ccco1. The van der Waals surface area contributed by atoms with Crippen molar-refractivity contribution >= 4 is 29.1 Å². The molecule has 8 heteroatoms. The Kier molecular flexibility index (Phi) is 5.29. The number of rotatable bonds is 7. The van der Waals surface area contributed by atoms with Crippen molar-refractivity contribution in [3.63, 3.8) is 0 Å². The van der Waals surface area contributed by atoms with Gasteiger partial charge in [-0.1, -0.05) is 11.8 Å². The number of carbonyl (C=O) groups is 2. The first kappa shape index (κ1) is 18.5. The summed E-state index contributed by atoms with van der Waals surface area (Å²) in [7, 11) is 0. The first-order chi connectivity index (χ1) is 13.7. The van der Waals surface area contributed by atoms with Gasteiger partial charge in [0.15, 0.2) is 22.5 Å². The molecular formula is C20H20N4O3S. The van der Waals surface area contributed by atoms with Gasteiger partial charge in [0.2, 0.25) is 5.91 Å². The predicted molar refractivity (Wildman–Crippen MR) is 106 cm³/mol. The molecule has 0 bridgehead atoms. The zero-order chi connectivity index (χ0) is 19.5. The highest BCUT2D eigenvalue weighted by molar-refractivity contribution is 7.99. The second-order valence-corrected chi connectivity index (χ2v) is 7.38. The highest BCUT2D eigenvalue weighted by atomic mass is 32.2. The number of nitrogens with zero attached hydrogens (tertiary/aromatic N) is 4. The summed E-state index contributed by atoms with van der Waals surface area (Å²) in [6.07, 6.45) is 3.07. The van der Waals surface area contributed by atoms with E-state index < -0.39 is 0 Å². The number of thioether (sulfide) groups is 1. The van der Waals surface area contributed by atoms with Crippen LogP contribution in [0.3, 0.4) is 0 Å². The number of benzene rings is 1. The Labute approximate surface area is 166 Å². The monoisotopic (exact) mass is 396 g/mol. The maximum absolute atomic E-state index is 12.6. The standard InChI is InChI=1S/C20H20N4O3S/c1-2-23-19(17-5-4-12-27-17)21-22-20(23)28-13-16(25)14-7-9-15(10-8-14)24-11-3-6-18(24)26/h4-5,7-10,12H,2-3,6,11,13H2,1H3. The van der Waals surface area contributed by atoms with Crippen LogP contribution in [0.15, 0.2) is 52.2 Å². The minimum absolute atomic E-state index is 0.00880. The lowest BCUT2D eigenvalue weighted by atomic mass is 10.1. The molecule has 1 aromatic carbocycles. The molecule has 1 fully saturated rings. The van der Waals surface area contributed by atoms with Gasteiger partial charge in [0, 0.05) is 30.8 Å². The number of anilines is 1. The van der Waals surface area contributed by atoms with Gasteiger partial charge in [-0.25, -0.2) is 0 Å². The van der Waals surface area contributed by atoms with Crippen molar-refractivity contribution in [3.8, 4) is 11.6 Å². The van der Waals surface area contributed by atoms with Crippen LogP contribution in [-0.2, 0) is 11.3 Å². The fourth-order valence-electron chi connectivity index (χ4n) is 3.23. The van der Waals surface area contributed by atoms with Crippen molar-refractivity contribution in [1.29, 1.82) is 0 Å². The maximum Gasteiger partial charge on any atom is 0.227 e. The van der Waals surface area contributed by atoms with Gasteiger partial charge in [-0.2, -0.15) is 0 Å². The highest BCUT2D eigenvalue weighted by Crippen LogP contribution is 2.26. The van der Waals surface area contributed by atoms with E-state index >= 15 is 0 Å². The second kappa shape index (κ2) is 8.02. The Morgan fingerprint density at radius 2 is 2.04 bits per heavy atom. The van der Waals surface area contributed by atoms with Crippen LogP contribution in [0.2, 0.25) is 0 Å². The molecule has 0 radical (unpaired) electrons. The Balaban J connectivity index is 1.43. The van der Waals surface area contributed by atoms with E-state index in [-0.39, 0.29) is 17.4 Å². The molecule has 1 amide bonds. The Hall–Kier alpha value is -2.87. The molecule has 0 saturated carbocycles. The summed E-state index contributed by atoms with van der Waals surface area (Å²) < 4.78 is 7.33. The van der Waals surface area contributed by atoms with Crippen molar-refractivity contribution in [2.75, 3.05) is 17.2 Å². The van der Waals surface area contributed by atoms with Crippen LogP contribution < -0.4 is 4.90 Å². The van der Waals surface area contributed by atoms with E-state index in [4.69, 9.17) is 4.42 Å². The molecule has 7 nitrogen and oxygen atoms in total. The van der Waals surface area contributed by atoms with E-state index in [1.165, 1.54) is 11.8 Å². The molecule has 28 heavy (non-hydrogen) atoms. The summed E-state index contributed by atoms with van der Waals surface area (Å²) in [6.45, 7) is 3.42. The lowest BCUT2D eigenvalue weighted by Crippen LogP contribution is -2.23. The molecule has 1 saturated heterocycles. The van der Waals surface area contributed by atoms with E-state index in [1.807, 2.05) is 29.7 Å². The van der Waals surface area contributed by atoms with Crippen molar-refractivity contribution < 1.29 is 14.0 Å². The largest absolute Gasteiger partial charge is 0.461 e. The van der Waals surface area contributed by atoms with Crippen molar-refractivity contribution in [2.45, 2.75) is 31.5 Å². The van der Waals surface area contributed by atoms with Crippen LogP contribution in [-0.4, -0.2) is 38.8 Å². The van der Waals surface area contributed by atoms with Crippen molar-refractivity contribution in [2.24, 2.45) is 0 Å². The minimum Gasteiger partial charge on any atom is -0.461 e. The summed E-state index contributed by atoms with van der Waals surface area (Å²) in [5.74, 6) is 1.72. The van der Waals surface area contributed by atoms with Gasteiger partial charge >= 0.3 is 0 Å². The van der Waals surface area contributed by atoms with Crippen LogP contribution in [0.1, 0.15) is 30.1 Å². The number of furan rings is 1. The number of hydrogen-bond acceptors (Lipinski definition) is 6. The number of Topliss-reactive ketones (excluding diaryl/α,β-unsaturated/α-hetero) is 1. The summed E-state index contributed by atoms with van der Waals surface area (Å²) >= 11 is 1.36. The average Bonchev–Trinajstić information content (AvgIpc) is 3.46. The summed E-state index contributed by atoms with van der Waals surface area (Å²) in [4.78, 5) is 26.2. The van der Waals surface area contributed by atoms with Gasteiger partial charge in [-0.3, -0.25) is 14.2 Å². The predicted octanol–water partition coefficient (Wildman–Crippen LogP) is 3.66. The van der Waals surface area contributed by atoms with Crippen LogP contribution in [0.5, 0.6) is 0 Å². The fourth-order valence-corrected chi connectivity index (χ4v) is 4.13. The first-order valence-electron chi connectivity index (χ1n) is 9.21. The van der Waals surface area contributed by atoms with E-state index in [0.29, 0.717) is 35.3 Å². The van der Waals surface area contributed by atoms with Gasteiger partial charge in [-0.05, 0) is 49.7 Å². The van der Waals surface area contributed by atoms with E-state index in [9.17, 15) is 9.59 Å². The van der Waals surface area contributed by atoms with Crippen molar-refractivity contribution in [3.05, 3.63) is 48.2 Å². The van der Waals surface area contributed by atoms with Crippen LogP contribution in [0, 0.1) is 0 Å². The lowest BCUT2D eigenvalue weighted by Gasteiger charge is -2.15. The number of carbonyl (C=O) groups excluding carboxylic acids is 2.